The van der Waals surface area contributed by atoms with Crippen LogP contribution in [0.5, 0.6) is 0 Å². The Balaban J connectivity index is 0.000000381. The number of carbonyl (C=O) groups is 13. The van der Waals surface area contributed by atoms with Crippen LogP contribution >= 0.6 is 15.9 Å². The van der Waals surface area contributed by atoms with Crippen LogP contribution in [0.15, 0.2) is 68.7 Å². The summed E-state index contributed by atoms with van der Waals surface area (Å²) in [4.78, 5) is 216. The number of carbonyl (C=O) groups excluding carboxylic acids is 13. The number of hydrogen-bond acceptors (Lipinski definition) is 23. The van der Waals surface area contributed by atoms with E-state index in [-0.39, 0.29) is 51.6 Å². The van der Waals surface area contributed by atoms with Crippen LogP contribution in [0.25, 0.3) is 33.5 Å². The Morgan fingerprint density at radius 2 is 1.21 bits per heavy atom. The third-order valence-electron chi connectivity index (χ3n) is 25.3. The first kappa shape index (κ1) is 91.2. The molecule has 15 atom stereocenters. The van der Waals surface area contributed by atoms with E-state index in [1.54, 1.807) is 74.6 Å². The van der Waals surface area contributed by atoms with Crippen molar-refractivity contribution in [1.29, 1.82) is 0 Å². The van der Waals surface area contributed by atoms with E-state index in [1.807, 2.05) is 7.11 Å². The Bertz CT molecular complexity index is 5120. The van der Waals surface area contributed by atoms with Crippen LogP contribution in [0.1, 0.15) is 168 Å². The van der Waals surface area contributed by atoms with E-state index in [4.69, 9.17) is 34.1 Å². The number of halogens is 1. The number of piperidine rings is 1. The fourth-order valence-corrected chi connectivity index (χ4v) is 19.2. The maximum atomic E-state index is 15.2. The molecule has 4 aliphatic carbocycles. The SMILES string of the molecule is COC12CC(COC(=O)c3cncc(Br)c3)CN(C)C1Cc1cn(C)c3cccc2c13.Cc1c2oc3c(C)ccc(C(=O)NC4C(=O)NC(C(C)C)C(=O)C5CCCC5C(=O)N(C)CC(=O)N(C)C(C(C)C)C(=O)OC4C)c3nc-2c(C(=O)NC2C(=O)NC(C(C)C)C(=O)C3CCCC3C(=O)N(C)CC(=O)N(C)C(C(C)C)C(=O)OC2C)c(N)c1=O. The second-order valence-corrected chi connectivity index (χ2v) is 36.0. The Labute approximate surface area is 711 Å². The Kier molecular flexibility index (Phi) is 27.9. The first-order chi connectivity index (χ1) is 57.0. The van der Waals surface area contributed by atoms with Crippen molar-refractivity contribution >= 4 is 120 Å². The lowest BCUT2D eigenvalue weighted by Crippen LogP contribution is -2.59. The van der Waals surface area contributed by atoms with E-state index >= 15 is 9.59 Å². The van der Waals surface area contributed by atoms with Crippen molar-refractivity contribution in [2.45, 2.75) is 195 Å². The van der Waals surface area contributed by atoms with Crippen LogP contribution in [0.3, 0.4) is 0 Å². The summed E-state index contributed by atoms with van der Waals surface area (Å²) in [5.41, 5.74) is 7.56. The summed E-state index contributed by atoms with van der Waals surface area (Å²) in [5, 5.41) is 12.1. The maximum Gasteiger partial charge on any atom is 0.339 e. The Morgan fingerprint density at radius 3 is 1.71 bits per heavy atom. The molecule has 12 rings (SSSR count). The van der Waals surface area contributed by atoms with Crippen molar-refractivity contribution < 1.29 is 85.7 Å². The highest BCUT2D eigenvalue weighted by atomic mass is 79.9. The highest BCUT2D eigenvalue weighted by Gasteiger charge is 2.53. The number of ether oxygens (including phenoxy) is 4. The number of nitrogens with one attached hydrogen (secondary N) is 4. The van der Waals surface area contributed by atoms with Crippen molar-refractivity contribution in [3.8, 4) is 11.5 Å². The molecule has 4 aliphatic heterocycles. The number of likely N-dealkylation sites (N-methyl/N-ethyl adjacent to an activating group) is 5. The molecule has 6 N–H and O–H groups in total. The minimum Gasteiger partial charge on any atom is -0.462 e. The minimum absolute atomic E-state index is 0.0668. The van der Waals surface area contributed by atoms with Gasteiger partial charge < -0.3 is 74.5 Å². The Hall–Kier alpha value is -10.5. The number of pyridine rings is 1. The Morgan fingerprint density at radius 1 is 0.686 bits per heavy atom. The number of likely N-dealkylation sites (tertiary alicyclic amines) is 1. The average molecular weight is 1740 g/mol. The van der Waals surface area contributed by atoms with Gasteiger partial charge in [0, 0.05) is 124 Å². The zero-order chi connectivity index (χ0) is 88.7. The molecule has 6 heterocycles. The number of methoxy groups -OCH3 is 1. The number of nitrogen functional groups attached to an aromatic ring is 1. The number of rotatable bonds is 12. The number of fused-ring (bicyclic) bond motifs is 6. The van der Waals surface area contributed by atoms with Gasteiger partial charge in [-0.15, -0.1) is 0 Å². The summed E-state index contributed by atoms with van der Waals surface area (Å²) < 4.78 is 33.3. The first-order valence-electron chi connectivity index (χ1n) is 41.5. The standard InChI is InChI=1S/C64H88N10O16.C24H26BrN3O3/c1-27(2)44-53(78)35-19-17-21-37(35)61(84)71(13)25-40(75)73(15)50(29(5)6)63(86)88-33(11)46(59(82)67-44)69-57(80)39-24-23-31(9)55-48(39)66-49-42(43(65)52(77)32(10)56(49)90-55)58(81)70-47-34(12)89-64(87)51(30(7)8)74(16)41(76)26-72(14)62(85)38-22-18-20-36(38)54(79)45(28(3)4)68-60(47)83;1-27-13-17-8-21-24(30-3,19-5-4-6-20(27)22(17)19)9-15(12-28(21)2)14-31-23(29)16-7-18(25)11-26-10-16/h23-24,27-30,33-38,44-47,50-51H,17-22,25-26,65H2,1-16H3,(H,67,82)(H,68,83)(H,69,80)(H,70,81);4-7,10-11,13,15,21H,8-9,12,14H2,1-3H3. The fraction of sp³-hybridized carbons (Fsp3) is 0.568. The number of aromatic nitrogens is 3. The topological polar surface area (TPSA) is 410 Å². The molecule has 33 heteroatoms. The second kappa shape index (κ2) is 37.0. The smallest absolute Gasteiger partial charge is 0.339 e. The van der Waals surface area contributed by atoms with Gasteiger partial charge in [-0.1, -0.05) is 86.4 Å². The summed E-state index contributed by atoms with van der Waals surface area (Å²) in [6.45, 7) is 19.5. The first-order valence-corrected chi connectivity index (χ1v) is 42.3. The number of nitrogens with zero attached hydrogens (tertiary/aromatic N) is 8. The molecule has 0 spiro atoms. The molecule has 32 nitrogen and oxygen atoms in total. The number of cyclic esters (lactones) is 2. The van der Waals surface area contributed by atoms with E-state index in [0.717, 1.165) is 33.7 Å². The third kappa shape index (κ3) is 18.2. The van der Waals surface area contributed by atoms with Gasteiger partial charge in [0.05, 0.1) is 54.2 Å². The predicted octanol–water partition coefficient (Wildman–Crippen LogP) is 6.63. The molecule has 2 saturated carbocycles. The lowest BCUT2D eigenvalue weighted by molar-refractivity contribution is -0.163. The van der Waals surface area contributed by atoms with E-state index in [9.17, 15) is 57.5 Å². The predicted molar refractivity (Wildman–Crippen MR) is 450 cm³/mol. The molecule has 2 aromatic carbocycles. The maximum absolute atomic E-state index is 15.2. The van der Waals surface area contributed by atoms with E-state index in [0.29, 0.717) is 56.3 Å². The molecule has 8 amide bonds. The van der Waals surface area contributed by atoms with Crippen LogP contribution in [-0.4, -0.2) is 239 Å². The van der Waals surface area contributed by atoms with Crippen LogP contribution in [0.2, 0.25) is 0 Å². The zero-order valence-electron chi connectivity index (χ0n) is 72.4. The number of nitrogens with two attached hydrogens (primary N) is 1. The lowest BCUT2D eigenvalue weighted by Gasteiger charge is -2.53. The number of benzene rings is 3. The minimum atomic E-state index is -1.86. The highest BCUT2D eigenvalue weighted by Crippen LogP contribution is 2.50. The van der Waals surface area contributed by atoms with Crippen molar-refractivity contribution in [2.75, 3.05) is 74.3 Å². The van der Waals surface area contributed by atoms with E-state index in [1.165, 1.54) is 99.1 Å². The summed E-state index contributed by atoms with van der Waals surface area (Å²) in [6, 6.07) is 2.76. The van der Waals surface area contributed by atoms with Gasteiger partial charge in [-0.3, -0.25) is 62.6 Å². The summed E-state index contributed by atoms with van der Waals surface area (Å²) in [5.74, 6) is -15.1. The number of hydrogen-bond donors (Lipinski definition) is 5. The average Bonchev–Trinajstić information content (AvgIpc) is 1.55. The molecular formula is C88H114BrN13O19. The van der Waals surface area contributed by atoms with Gasteiger partial charge in [-0.25, -0.2) is 19.4 Å². The van der Waals surface area contributed by atoms with Crippen LogP contribution in [-0.2, 0) is 86.0 Å². The number of esters is 3. The van der Waals surface area contributed by atoms with Crippen molar-refractivity contribution in [3.05, 3.63) is 109 Å². The molecule has 652 valence electrons. The summed E-state index contributed by atoms with van der Waals surface area (Å²) in [6.07, 6.45) is 6.55. The molecule has 5 fully saturated rings. The number of aryl methyl sites for hydroxylation is 2. The molecule has 15 unspecified atom stereocenters. The van der Waals surface area contributed by atoms with Crippen LogP contribution < -0.4 is 32.4 Å². The van der Waals surface area contributed by atoms with Crippen molar-refractivity contribution in [3.63, 3.8) is 0 Å². The molecule has 2 aromatic heterocycles. The van der Waals surface area contributed by atoms with Crippen LogP contribution in [0, 0.1) is 67.1 Å². The van der Waals surface area contributed by atoms with E-state index in [2.05, 4.69) is 90.1 Å². The highest BCUT2D eigenvalue weighted by molar-refractivity contribution is 9.10. The number of Topliss-reactive ketones (excluding diaryl/α,β-unsaturated/α-hetero) is 2. The molecule has 121 heavy (non-hydrogen) atoms. The number of ketones is 2. The van der Waals surface area contributed by atoms with Crippen LogP contribution in [0.4, 0.5) is 5.69 Å². The van der Waals surface area contributed by atoms with E-state index < -0.39 is 202 Å². The molecule has 8 aliphatic rings. The molecule has 3 saturated heterocycles. The van der Waals surface area contributed by atoms with Gasteiger partial charge in [0.1, 0.15) is 53.2 Å². The van der Waals surface area contributed by atoms with Gasteiger partial charge >= 0.3 is 17.9 Å². The zero-order valence-corrected chi connectivity index (χ0v) is 73.9. The molecule has 0 radical (unpaired) electrons. The number of amides is 8. The second-order valence-electron chi connectivity index (χ2n) is 35.0. The van der Waals surface area contributed by atoms with Crippen molar-refractivity contribution in [1.82, 2.24) is 60.3 Å². The van der Waals surface area contributed by atoms with Gasteiger partial charge in [0.25, 0.3) is 11.8 Å². The van der Waals surface area contributed by atoms with Gasteiger partial charge in [0.15, 0.2) is 22.9 Å². The fourth-order valence-electron chi connectivity index (χ4n) is 18.8. The normalized spacial score (nSPS) is 27.2. The van der Waals surface area contributed by atoms with Crippen molar-refractivity contribution in [2.24, 2.45) is 60.3 Å². The quantitative estimate of drug-likeness (QED) is 0.0371. The summed E-state index contributed by atoms with van der Waals surface area (Å²) in [7, 11) is 11.7. The summed E-state index contributed by atoms with van der Waals surface area (Å²) >= 11 is 3.35. The largest absolute Gasteiger partial charge is 0.462 e. The van der Waals surface area contributed by atoms with Gasteiger partial charge in [-0.05, 0) is 148 Å². The van der Waals surface area contributed by atoms with Gasteiger partial charge in [0.2, 0.25) is 40.9 Å². The number of anilines is 1. The monoisotopic (exact) mass is 1740 g/mol. The molecule has 0 bridgehead atoms. The lowest BCUT2D eigenvalue weighted by atomic mass is 9.69. The molecule has 4 aromatic rings. The third-order valence-corrected chi connectivity index (χ3v) is 25.7. The van der Waals surface area contributed by atoms with Gasteiger partial charge in [-0.2, -0.15) is 0 Å². The molecular weight excluding hydrogens is 1620 g/mol.